The maximum atomic E-state index is 5.67. The topological polar surface area (TPSA) is 110 Å². The maximum absolute atomic E-state index is 5.67. The third-order valence-electron chi connectivity index (χ3n) is 3.03. The summed E-state index contributed by atoms with van der Waals surface area (Å²) in [6.07, 6.45) is 3.35. The summed E-state index contributed by atoms with van der Waals surface area (Å²) in [5.41, 5.74) is 1.12. The second-order valence-electron chi connectivity index (χ2n) is 4.63. The molecule has 0 unspecified atom stereocenters. The van der Waals surface area contributed by atoms with Gasteiger partial charge in [-0.25, -0.2) is 0 Å². The van der Waals surface area contributed by atoms with Gasteiger partial charge in [0.25, 0.3) is 0 Å². The van der Waals surface area contributed by atoms with Gasteiger partial charge in [0.05, 0.1) is 6.20 Å². The molecule has 24 heavy (non-hydrogen) atoms. The average Bonchev–Trinajstić information content (AvgIpc) is 2.55. The molecule has 126 valence electrons. The van der Waals surface area contributed by atoms with E-state index in [1.165, 1.54) is 0 Å². The first-order valence-corrected chi connectivity index (χ1v) is 7.32. The van der Waals surface area contributed by atoms with Crippen molar-refractivity contribution in [2.24, 2.45) is 0 Å². The Morgan fingerprint density at radius 1 is 0.958 bits per heavy atom. The van der Waals surface area contributed by atoms with Gasteiger partial charge in [0.2, 0.25) is 5.88 Å². The molecule has 0 bridgehead atoms. The zero-order chi connectivity index (χ0) is 15.2. The van der Waals surface area contributed by atoms with Crippen LogP contribution in [0.1, 0.15) is 5.56 Å². The molecule has 0 aliphatic heterocycles. The highest BCUT2D eigenvalue weighted by atomic mass is 32.1. The van der Waals surface area contributed by atoms with Crippen LogP contribution in [0.4, 0.5) is 5.82 Å². The summed E-state index contributed by atoms with van der Waals surface area (Å²) >= 11 is 4.44. The zero-order valence-corrected chi connectivity index (χ0v) is 13.7. The van der Waals surface area contributed by atoms with E-state index in [-0.39, 0.29) is 11.0 Å². The molecule has 7 heteroatoms. The molecule has 0 amide bonds. The Morgan fingerprint density at radius 2 is 1.79 bits per heavy atom. The van der Waals surface area contributed by atoms with Crippen molar-refractivity contribution in [3.8, 4) is 11.6 Å². The van der Waals surface area contributed by atoms with Gasteiger partial charge < -0.3 is 21.0 Å². The van der Waals surface area contributed by atoms with Gasteiger partial charge in [0, 0.05) is 23.7 Å². The second-order valence-corrected chi connectivity index (χ2v) is 5.12. The Balaban J connectivity index is 0.00000144. The summed E-state index contributed by atoms with van der Waals surface area (Å²) in [7, 11) is 0. The SMILES string of the molecule is O.O.Sc1ccccc1CNc1cccc(Oc2cccnc2)n1. The lowest BCUT2D eigenvalue weighted by molar-refractivity contribution is 0.461. The average molecular weight is 345 g/mol. The quantitative estimate of drug-likeness (QED) is 0.692. The van der Waals surface area contributed by atoms with E-state index < -0.39 is 0 Å². The van der Waals surface area contributed by atoms with Gasteiger partial charge in [0.15, 0.2) is 0 Å². The molecule has 0 aliphatic carbocycles. The van der Waals surface area contributed by atoms with E-state index in [1.54, 1.807) is 12.4 Å². The van der Waals surface area contributed by atoms with E-state index in [4.69, 9.17) is 4.74 Å². The van der Waals surface area contributed by atoms with Gasteiger partial charge in [-0.1, -0.05) is 24.3 Å². The Labute approximate surface area is 145 Å². The van der Waals surface area contributed by atoms with E-state index >= 15 is 0 Å². The van der Waals surface area contributed by atoms with Crippen molar-refractivity contribution in [2.75, 3.05) is 5.32 Å². The number of nitrogens with one attached hydrogen (secondary N) is 1. The summed E-state index contributed by atoms with van der Waals surface area (Å²) in [6, 6.07) is 17.2. The molecule has 0 atom stereocenters. The molecule has 0 aliphatic rings. The third-order valence-corrected chi connectivity index (χ3v) is 3.47. The molecular weight excluding hydrogens is 326 g/mol. The summed E-state index contributed by atoms with van der Waals surface area (Å²) in [5, 5.41) is 3.27. The molecular formula is C17H19N3O3S. The highest BCUT2D eigenvalue weighted by Gasteiger charge is 2.02. The van der Waals surface area contributed by atoms with Crippen LogP contribution in [0.5, 0.6) is 11.6 Å². The number of hydrogen-bond donors (Lipinski definition) is 2. The number of hydrogen-bond acceptors (Lipinski definition) is 5. The molecule has 2 heterocycles. The highest BCUT2D eigenvalue weighted by molar-refractivity contribution is 7.80. The van der Waals surface area contributed by atoms with Crippen LogP contribution < -0.4 is 10.1 Å². The fourth-order valence-corrected chi connectivity index (χ4v) is 2.18. The number of pyridine rings is 2. The number of ether oxygens (including phenoxy) is 1. The maximum Gasteiger partial charge on any atom is 0.221 e. The lowest BCUT2D eigenvalue weighted by Crippen LogP contribution is -2.02. The number of anilines is 1. The Kier molecular flexibility index (Phi) is 7.70. The van der Waals surface area contributed by atoms with Crippen LogP contribution in [0.15, 0.2) is 71.9 Å². The lowest BCUT2D eigenvalue weighted by atomic mass is 10.2. The molecule has 1 aromatic carbocycles. The Bertz CT molecular complexity index is 757. The van der Waals surface area contributed by atoms with E-state index in [2.05, 4.69) is 27.9 Å². The van der Waals surface area contributed by atoms with Crippen molar-refractivity contribution in [2.45, 2.75) is 11.4 Å². The predicted molar refractivity (Wildman–Crippen MR) is 96.8 cm³/mol. The first kappa shape index (κ1) is 19.4. The van der Waals surface area contributed by atoms with Gasteiger partial charge in [-0.05, 0) is 29.8 Å². The minimum Gasteiger partial charge on any atom is -0.437 e. The normalized spacial score (nSPS) is 9.38. The Morgan fingerprint density at radius 3 is 2.54 bits per heavy atom. The third kappa shape index (κ3) is 5.24. The van der Waals surface area contributed by atoms with E-state index in [1.807, 2.05) is 54.6 Å². The number of benzene rings is 1. The second kappa shape index (κ2) is 9.51. The molecule has 0 saturated carbocycles. The first-order chi connectivity index (χ1) is 10.8. The van der Waals surface area contributed by atoms with Crippen LogP contribution in [-0.2, 0) is 6.54 Å². The summed E-state index contributed by atoms with van der Waals surface area (Å²) < 4.78 is 5.67. The number of rotatable bonds is 5. The monoisotopic (exact) mass is 345 g/mol. The van der Waals surface area contributed by atoms with E-state index in [0.29, 0.717) is 18.2 Å². The van der Waals surface area contributed by atoms with Crippen molar-refractivity contribution in [1.29, 1.82) is 0 Å². The van der Waals surface area contributed by atoms with Gasteiger partial charge >= 0.3 is 0 Å². The lowest BCUT2D eigenvalue weighted by Gasteiger charge is -2.09. The molecule has 0 spiro atoms. The van der Waals surface area contributed by atoms with Crippen LogP contribution >= 0.6 is 12.6 Å². The van der Waals surface area contributed by atoms with Gasteiger partial charge in [-0.3, -0.25) is 4.98 Å². The van der Waals surface area contributed by atoms with Crippen LogP contribution in [0.2, 0.25) is 0 Å². The van der Waals surface area contributed by atoms with Gasteiger partial charge in [-0.2, -0.15) is 4.98 Å². The van der Waals surface area contributed by atoms with E-state index in [0.717, 1.165) is 16.3 Å². The zero-order valence-electron chi connectivity index (χ0n) is 12.8. The summed E-state index contributed by atoms with van der Waals surface area (Å²) in [4.78, 5) is 9.40. The van der Waals surface area contributed by atoms with Gasteiger partial charge in [-0.15, -0.1) is 12.6 Å². The largest absolute Gasteiger partial charge is 0.437 e. The smallest absolute Gasteiger partial charge is 0.221 e. The Hall–Kier alpha value is -2.61. The first-order valence-electron chi connectivity index (χ1n) is 6.87. The number of nitrogens with zero attached hydrogens (tertiary/aromatic N) is 2. The molecule has 3 aromatic rings. The number of aromatic nitrogens is 2. The summed E-state index contributed by atoms with van der Waals surface area (Å²) in [6.45, 7) is 0.656. The molecule has 0 radical (unpaired) electrons. The van der Waals surface area contributed by atoms with Gasteiger partial charge in [0.1, 0.15) is 11.6 Å². The molecule has 0 saturated heterocycles. The predicted octanol–water partition coefficient (Wildman–Crippen LogP) is 2.52. The fraction of sp³-hybridized carbons (Fsp3) is 0.0588. The highest BCUT2D eigenvalue weighted by Crippen LogP contribution is 2.20. The van der Waals surface area contributed by atoms with Crippen molar-refractivity contribution < 1.29 is 15.7 Å². The van der Waals surface area contributed by atoms with Crippen LogP contribution in [0.25, 0.3) is 0 Å². The standard InChI is InChI=1S/C17H15N3OS.2H2O/c22-15-7-2-1-5-13(15)11-19-16-8-3-9-17(20-16)21-14-6-4-10-18-12-14;;/h1-10,12,22H,11H2,(H,19,20);2*1H2. The van der Waals surface area contributed by atoms with Crippen molar-refractivity contribution in [1.82, 2.24) is 9.97 Å². The van der Waals surface area contributed by atoms with Crippen LogP contribution in [-0.4, -0.2) is 20.9 Å². The molecule has 2 aromatic heterocycles. The van der Waals surface area contributed by atoms with E-state index in [9.17, 15) is 0 Å². The van der Waals surface area contributed by atoms with Crippen LogP contribution in [0, 0.1) is 0 Å². The molecule has 6 nitrogen and oxygen atoms in total. The summed E-state index contributed by atoms with van der Waals surface area (Å²) in [5.74, 6) is 1.93. The van der Waals surface area contributed by atoms with Crippen LogP contribution in [0.3, 0.4) is 0 Å². The minimum absolute atomic E-state index is 0. The number of thiol groups is 1. The van der Waals surface area contributed by atoms with Crippen molar-refractivity contribution in [3.05, 3.63) is 72.6 Å². The van der Waals surface area contributed by atoms with Crippen molar-refractivity contribution in [3.63, 3.8) is 0 Å². The molecule has 5 N–H and O–H groups in total. The fourth-order valence-electron chi connectivity index (χ4n) is 1.94. The molecule has 0 fully saturated rings. The molecule has 3 rings (SSSR count). The minimum atomic E-state index is 0. The van der Waals surface area contributed by atoms with Crippen molar-refractivity contribution >= 4 is 18.4 Å².